The first-order valence-electron chi connectivity index (χ1n) is 18.4. The maximum Gasteiger partial charge on any atom is 0.0665 e. The molecule has 0 atom stereocenters. The van der Waals surface area contributed by atoms with E-state index in [-0.39, 0.29) is 16.5 Å². The van der Waals surface area contributed by atoms with Crippen LogP contribution in [0.25, 0.3) is 0 Å². The third-order valence-corrected chi connectivity index (χ3v) is 8.30. The largest absolute Gasteiger partial charge is 0.255 e. The SMILES string of the molecule is CCCCCCC/C=C/CCCc1ccccc1N=CC(CCCC)=Nc1ccccc1CCC/C=C/CCCCCCC.[Ni]. The fraction of sp³-hybridized carbons (Fsp3) is 0.571. The van der Waals surface area contributed by atoms with Crippen molar-refractivity contribution in [1.82, 2.24) is 0 Å². The summed E-state index contributed by atoms with van der Waals surface area (Å²) in [5.74, 6) is 0. The molecule has 0 fully saturated rings. The van der Waals surface area contributed by atoms with Crippen LogP contribution in [0.15, 0.2) is 82.8 Å². The zero-order valence-corrected chi connectivity index (χ0v) is 30.1. The number of unbranched alkanes of at least 4 members (excludes halogenated alkanes) is 13. The number of allylic oxidation sites excluding steroid dienone is 4. The summed E-state index contributed by atoms with van der Waals surface area (Å²) in [5.41, 5.74) is 5.95. The van der Waals surface area contributed by atoms with Gasteiger partial charge in [0.15, 0.2) is 0 Å². The van der Waals surface area contributed by atoms with Gasteiger partial charge in [0.1, 0.15) is 0 Å². The Balaban J connectivity index is 0.0000101. The van der Waals surface area contributed by atoms with Gasteiger partial charge in [-0.15, -0.1) is 0 Å². The molecule has 2 aromatic carbocycles. The number of para-hydroxylation sites is 2. The Morgan fingerprint density at radius 3 is 1.49 bits per heavy atom. The number of nitrogens with zero attached hydrogens (tertiary/aromatic N) is 2. The van der Waals surface area contributed by atoms with Crippen LogP contribution in [0.1, 0.15) is 154 Å². The molecule has 0 amide bonds. The number of aliphatic imine (C=N–C) groups is 2. The summed E-state index contributed by atoms with van der Waals surface area (Å²) in [7, 11) is 0. The third-order valence-electron chi connectivity index (χ3n) is 8.30. The molecule has 0 aliphatic heterocycles. The predicted molar refractivity (Wildman–Crippen MR) is 199 cm³/mol. The van der Waals surface area contributed by atoms with Crippen LogP contribution in [-0.4, -0.2) is 11.9 Å². The van der Waals surface area contributed by atoms with Crippen LogP contribution >= 0.6 is 0 Å². The van der Waals surface area contributed by atoms with Gasteiger partial charge in [-0.05, 0) is 100 Å². The molecule has 3 heteroatoms. The molecule has 45 heavy (non-hydrogen) atoms. The molecule has 0 aromatic heterocycles. The summed E-state index contributed by atoms with van der Waals surface area (Å²) in [6, 6.07) is 17.3. The van der Waals surface area contributed by atoms with Crippen molar-refractivity contribution in [2.45, 2.75) is 156 Å². The predicted octanol–water partition coefficient (Wildman–Crippen LogP) is 13.8. The van der Waals surface area contributed by atoms with Gasteiger partial charge in [0.2, 0.25) is 0 Å². The monoisotopic (exact) mass is 654 g/mol. The van der Waals surface area contributed by atoms with E-state index in [2.05, 4.69) is 93.6 Å². The van der Waals surface area contributed by atoms with Crippen molar-refractivity contribution in [3.05, 3.63) is 84.0 Å². The Bertz CT molecular complexity index is 1100. The second kappa shape index (κ2) is 29.2. The summed E-state index contributed by atoms with van der Waals surface area (Å²) in [4.78, 5) is 10.2. The zero-order valence-electron chi connectivity index (χ0n) is 29.1. The number of hydrogen-bond donors (Lipinski definition) is 0. The van der Waals surface area contributed by atoms with Crippen molar-refractivity contribution >= 4 is 23.3 Å². The number of hydrogen-bond acceptors (Lipinski definition) is 2. The maximum atomic E-state index is 5.17. The van der Waals surface area contributed by atoms with Crippen LogP contribution in [0.4, 0.5) is 11.4 Å². The first-order chi connectivity index (χ1) is 21.8. The normalized spacial score (nSPS) is 12.1. The van der Waals surface area contributed by atoms with Crippen LogP contribution in [0.3, 0.4) is 0 Å². The molecule has 0 saturated heterocycles. The standard InChI is InChI=1S/C42H64N2.Ni/c1-4-7-10-12-14-16-18-20-22-24-30-38-32-26-28-35-41(38)43-37-40(34-9-6-3)44-42-36-29-27-33-39(42)31-25-23-21-19-17-15-13-11-8-5-2;/h18-21,26-29,32-33,35-37H,4-17,22-25,30-31,34H2,1-3H3;/b20-18+,21-19+,43-37?,44-40?;. The first-order valence-corrected chi connectivity index (χ1v) is 18.4. The van der Waals surface area contributed by atoms with E-state index in [1.807, 2.05) is 6.21 Å². The third kappa shape index (κ3) is 20.5. The molecular weight excluding hydrogens is 591 g/mol. The van der Waals surface area contributed by atoms with Gasteiger partial charge in [0.05, 0.1) is 17.1 Å². The summed E-state index contributed by atoms with van der Waals surface area (Å²) >= 11 is 0. The smallest absolute Gasteiger partial charge is 0.0665 e. The van der Waals surface area contributed by atoms with E-state index in [1.165, 1.54) is 94.6 Å². The van der Waals surface area contributed by atoms with Crippen molar-refractivity contribution in [2.24, 2.45) is 9.98 Å². The van der Waals surface area contributed by atoms with Gasteiger partial charge < -0.3 is 0 Å². The molecule has 0 heterocycles. The Labute approximate surface area is 288 Å². The fourth-order valence-corrected chi connectivity index (χ4v) is 5.51. The molecule has 0 bridgehead atoms. The molecule has 0 aliphatic carbocycles. The van der Waals surface area contributed by atoms with Gasteiger partial charge in [0.25, 0.3) is 0 Å². The van der Waals surface area contributed by atoms with Crippen molar-refractivity contribution < 1.29 is 16.5 Å². The van der Waals surface area contributed by atoms with E-state index < -0.39 is 0 Å². The van der Waals surface area contributed by atoms with Crippen LogP contribution < -0.4 is 0 Å². The van der Waals surface area contributed by atoms with Gasteiger partial charge in [-0.3, -0.25) is 9.98 Å². The molecule has 0 radical (unpaired) electrons. The zero-order chi connectivity index (χ0) is 31.3. The van der Waals surface area contributed by atoms with E-state index in [0.29, 0.717) is 0 Å². The van der Waals surface area contributed by atoms with Crippen molar-refractivity contribution in [2.75, 3.05) is 0 Å². The molecule has 2 rings (SSSR count). The van der Waals surface area contributed by atoms with Gasteiger partial charge in [-0.1, -0.05) is 139 Å². The van der Waals surface area contributed by atoms with Gasteiger partial charge in [0, 0.05) is 22.7 Å². The van der Waals surface area contributed by atoms with Crippen LogP contribution in [-0.2, 0) is 29.3 Å². The Morgan fingerprint density at radius 2 is 0.956 bits per heavy atom. The van der Waals surface area contributed by atoms with E-state index >= 15 is 0 Å². The number of aryl methyl sites for hydroxylation is 2. The van der Waals surface area contributed by atoms with Crippen molar-refractivity contribution in [3.63, 3.8) is 0 Å². The first kappa shape index (κ1) is 40.8. The second-order valence-corrected chi connectivity index (χ2v) is 12.4. The van der Waals surface area contributed by atoms with E-state index in [0.717, 1.165) is 68.5 Å². The van der Waals surface area contributed by atoms with E-state index in [4.69, 9.17) is 9.98 Å². The van der Waals surface area contributed by atoms with E-state index in [9.17, 15) is 0 Å². The van der Waals surface area contributed by atoms with Crippen LogP contribution in [0.5, 0.6) is 0 Å². The van der Waals surface area contributed by atoms with Gasteiger partial charge in [-0.25, -0.2) is 0 Å². The molecule has 0 N–H and O–H groups in total. The summed E-state index contributed by atoms with van der Waals surface area (Å²) in [5, 5.41) is 0. The average Bonchev–Trinajstić information content (AvgIpc) is 3.05. The summed E-state index contributed by atoms with van der Waals surface area (Å²) in [6.45, 7) is 6.81. The molecule has 0 aliphatic rings. The van der Waals surface area contributed by atoms with Crippen molar-refractivity contribution in [3.8, 4) is 0 Å². The molecule has 0 spiro atoms. The molecule has 0 unspecified atom stereocenters. The number of benzene rings is 2. The molecule has 2 nitrogen and oxygen atoms in total. The minimum atomic E-state index is 0. The molecular formula is C42H64N2Ni. The van der Waals surface area contributed by atoms with Gasteiger partial charge >= 0.3 is 0 Å². The van der Waals surface area contributed by atoms with Crippen LogP contribution in [0, 0.1) is 0 Å². The van der Waals surface area contributed by atoms with E-state index in [1.54, 1.807) is 0 Å². The average molecular weight is 656 g/mol. The second-order valence-electron chi connectivity index (χ2n) is 12.4. The minimum Gasteiger partial charge on any atom is -0.255 e. The summed E-state index contributed by atoms with van der Waals surface area (Å²) < 4.78 is 0. The maximum absolute atomic E-state index is 5.17. The minimum absolute atomic E-state index is 0. The molecule has 252 valence electrons. The topological polar surface area (TPSA) is 24.7 Å². The van der Waals surface area contributed by atoms with Crippen LogP contribution in [0.2, 0.25) is 0 Å². The Hall–Kier alpha value is -2.25. The molecule has 2 aromatic rings. The summed E-state index contributed by atoms with van der Waals surface area (Å²) in [6.07, 6.45) is 37.6. The number of rotatable bonds is 26. The van der Waals surface area contributed by atoms with Crippen molar-refractivity contribution in [1.29, 1.82) is 0 Å². The quantitative estimate of drug-likeness (QED) is 0.0417. The Kier molecular flexibility index (Phi) is 26.4. The van der Waals surface area contributed by atoms with Gasteiger partial charge in [-0.2, -0.15) is 0 Å². The molecule has 0 saturated carbocycles. The fourth-order valence-electron chi connectivity index (χ4n) is 5.51. The Morgan fingerprint density at radius 1 is 0.511 bits per heavy atom.